The second-order valence-electron chi connectivity index (χ2n) is 8.39. The largest absolute Gasteiger partial charge is 0.497 e. The van der Waals surface area contributed by atoms with Crippen LogP contribution >= 0.6 is 22.6 Å². The van der Waals surface area contributed by atoms with E-state index in [1.54, 1.807) is 7.11 Å². The normalized spacial score (nSPS) is 20.1. The van der Waals surface area contributed by atoms with Crippen LogP contribution in [0.1, 0.15) is 49.0 Å². The number of methoxy groups -OCH3 is 1. The van der Waals surface area contributed by atoms with Crippen molar-refractivity contribution >= 4 is 33.7 Å². The van der Waals surface area contributed by atoms with Crippen LogP contribution in [0.3, 0.4) is 0 Å². The molecular formula is C28H27IO4. The number of hydrogen-bond donors (Lipinski definition) is 0. The summed E-state index contributed by atoms with van der Waals surface area (Å²) in [5.74, 6) is 2.44. The molecule has 0 aromatic heterocycles. The van der Waals surface area contributed by atoms with E-state index in [1.165, 1.54) is 9.14 Å². The minimum Gasteiger partial charge on any atom is -0.497 e. The highest BCUT2D eigenvalue weighted by Crippen LogP contribution is 2.48. The molecule has 2 atom stereocenters. The summed E-state index contributed by atoms with van der Waals surface area (Å²) in [5, 5.41) is 0. The fourth-order valence-electron chi connectivity index (χ4n) is 4.50. The van der Waals surface area contributed by atoms with Crippen molar-refractivity contribution in [2.75, 3.05) is 13.7 Å². The molecule has 3 aromatic carbocycles. The van der Waals surface area contributed by atoms with Crippen LogP contribution in [0.15, 0.2) is 66.7 Å². The summed E-state index contributed by atoms with van der Waals surface area (Å²) in [6.45, 7) is 2.92. The van der Waals surface area contributed by atoms with Crippen molar-refractivity contribution < 1.29 is 18.9 Å². The summed E-state index contributed by atoms with van der Waals surface area (Å²) in [7, 11) is 1.70. The fraction of sp³-hybridized carbons (Fsp3) is 0.286. The van der Waals surface area contributed by atoms with Crippen molar-refractivity contribution in [3.8, 4) is 17.2 Å². The van der Waals surface area contributed by atoms with Crippen molar-refractivity contribution in [1.29, 1.82) is 0 Å². The molecule has 0 radical (unpaired) electrons. The highest BCUT2D eigenvalue weighted by molar-refractivity contribution is 14.1. The Morgan fingerprint density at radius 1 is 0.939 bits per heavy atom. The Kier molecular flexibility index (Phi) is 6.60. The topological polar surface area (TPSA) is 36.9 Å². The average molecular weight is 554 g/mol. The molecule has 0 saturated carbocycles. The Balaban J connectivity index is 1.57. The molecule has 170 valence electrons. The van der Waals surface area contributed by atoms with Crippen LogP contribution in [0.2, 0.25) is 0 Å². The van der Waals surface area contributed by atoms with Crippen LogP contribution in [0.25, 0.3) is 11.1 Å². The van der Waals surface area contributed by atoms with Gasteiger partial charge in [0, 0.05) is 27.2 Å². The molecule has 5 heteroatoms. The van der Waals surface area contributed by atoms with Gasteiger partial charge in [-0.3, -0.25) is 0 Å². The highest BCUT2D eigenvalue weighted by Gasteiger charge is 2.30. The molecule has 5 rings (SSSR count). The summed E-state index contributed by atoms with van der Waals surface area (Å²) in [5.41, 5.74) is 5.61. The summed E-state index contributed by atoms with van der Waals surface area (Å²) in [6, 6.07) is 22.8. The molecule has 2 aliphatic rings. The lowest BCUT2D eigenvalue weighted by atomic mass is 9.86. The molecule has 2 aliphatic heterocycles. The first kappa shape index (κ1) is 22.3. The average Bonchev–Trinajstić information content (AvgIpc) is 2.85. The quantitative estimate of drug-likeness (QED) is 0.311. The molecule has 2 unspecified atom stereocenters. The van der Waals surface area contributed by atoms with Gasteiger partial charge in [0.1, 0.15) is 23.4 Å². The van der Waals surface area contributed by atoms with Crippen molar-refractivity contribution in [3.05, 3.63) is 87.0 Å². The number of ether oxygens (including phenoxy) is 4. The number of benzene rings is 3. The zero-order valence-corrected chi connectivity index (χ0v) is 21.0. The van der Waals surface area contributed by atoms with E-state index in [9.17, 15) is 0 Å². The van der Waals surface area contributed by atoms with E-state index in [4.69, 9.17) is 18.9 Å². The van der Waals surface area contributed by atoms with Gasteiger partial charge >= 0.3 is 0 Å². The number of rotatable bonds is 5. The molecule has 1 saturated heterocycles. The highest BCUT2D eigenvalue weighted by atomic mass is 127. The summed E-state index contributed by atoms with van der Waals surface area (Å²) in [4.78, 5) is 0. The van der Waals surface area contributed by atoms with E-state index in [0.717, 1.165) is 65.4 Å². The minimum atomic E-state index is -0.234. The Labute approximate surface area is 208 Å². The predicted octanol–water partition coefficient (Wildman–Crippen LogP) is 7.27. The van der Waals surface area contributed by atoms with Gasteiger partial charge in [0.05, 0.1) is 13.7 Å². The van der Waals surface area contributed by atoms with Crippen LogP contribution in [0.5, 0.6) is 17.2 Å². The smallest absolute Gasteiger partial charge is 0.199 e. The second kappa shape index (κ2) is 9.77. The first-order valence-corrected chi connectivity index (χ1v) is 12.4. The van der Waals surface area contributed by atoms with Crippen molar-refractivity contribution in [2.45, 2.75) is 38.6 Å². The molecule has 0 aliphatic carbocycles. The maximum absolute atomic E-state index is 6.68. The minimum absolute atomic E-state index is 0.184. The van der Waals surface area contributed by atoms with Gasteiger partial charge in [-0.2, -0.15) is 0 Å². The SMILES string of the molecule is COc1cccc(C2=C(C)c3ccc(OC4CCCCO4)cc3OC2c2ccc(I)cc2)c1. The van der Waals surface area contributed by atoms with Crippen LogP contribution in [-0.4, -0.2) is 20.0 Å². The molecule has 4 nitrogen and oxygen atoms in total. The number of halogens is 1. The van der Waals surface area contributed by atoms with E-state index in [0.29, 0.717) is 0 Å². The van der Waals surface area contributed by atoms with E-state index in [1.807, 2.05) is 24.3 Å². The third kappa shape index (κ3) is 4.75. The zero-order chi connectivity index (χ0) is 22.8. The van der Waals surface area contributed by atoms with Gasteiger partial charge in [-0.1, -0.05) is 24.3 Å². The summed E-state index contributed by atoms with van der Waals surface area (Å²) >= 11 is 2.33. The van der Waals surface area contributed by atoms with Gasteiger partial charge < -0.3 is 18.9 Å². The predicted molar refractivity (Wildman–Crippen MR) is 139 cm³/mol. The fourth-order valence-corrected chi connectivity index (χ4v) is 4.86. The molecule has 33 heavy (non-hydrogen) atoms. The van der Waals surface area contributed by atoms with Crippen molar-refractivity contribution in [1.82, 2.24) is 0 Å². The Morgan fingerprint density at radius 2 is 1.79 bits per heavy atom. The standard InChI is InChI=1S/C28H27IO4/c1-18-24-14-13-23(32-26-8-3-4-15-31-26)17-25(24)33-28(19-9-11-21(29)12-10-19)27(18)20-6-5-7-22(16-20)30-2/h5-7,9-14,16-17,26,28H,3-4,8,15H2,1-2H3. The van der Waals surface area contributed by atoms with Crippen LogP contribution in [0, 0.1) is 3.57 Å². The monoisotopic (exact) mass is 554 g/mol. The molecule has 1 fully saturated rings. The van der Waals surface area contributed by atoms with Gasteiger partial charge in [0.25, 0.3) is 0 Å². The van der Waals surface area contributed by atoms with Gasteiger partial charge in [-0.25, -0.2) is 0 Å². The van der Waals surface area contributed by atoms with Gasteiger partial charge in [-0.05, 0) is 95.5 Å². The van der Waals surface area contributed by atoms with E-state index >= 15 is 0 Å². The van der Waals surface area contributed by atoms with E-state index in [2.05, 4.69) is 72.0 Å². The van der Waals surface area contributed by atoms with Crippen molar-refractivity contribution in [2.24, 2.45) is 0 Å². The van der Waals surface area contributed by atoms with Gasteiger partial charge in [0.15, 0.2) is 6.29 Å². The Morgan fingerprint density at radius 3 is 2.55 bits per heavy atom. The lowest BCUT2D eigenvalue weighted by Crippen LogP contribution is -2.25. The second-order valence-corrected chi connectivity index (χ2v) is 9.64. The van der Waals surface area contributed by atoms with E-state index < -0.39 is 0 Å². The molecule has 2 heterocycles. The third-order valence-corrected chi connectivity index (χ3v) is 6.95. The molecule has 3 aromatic rings. The zero-order valence-electron chi connectivity index (χ0n) is 18.8. The number of hydrogen-bond acceptors (Lipinski definition) is 4. The number of allylic oxidation sites excluding steroid dienone is 1. The lowest BCUT2D eigenvalue weighted by Gasteiger charge is -2.32. The molecule has 0 bridgehead atoms. The lowest BCUT2D eigenvalue weighted by molar-refractivity contribution is -0.105. The first-order chi connectivity index (χ1) is 16.1. The van der Waals surface area contributed by atoms with Gasteiger partial charge in [0.2, 0.25) is 0 Å². The molecule has 0 amide bonds. The van der Waals surface area contributed by atoms with Crippen molar-refractivity contribution in [3.63, 3.8) is 0 Å². The maximum Gasteiger partial charge on any atom is 0.199 e. The van der Waals surface area contributed by atoms with Crippen LogP contribution in [0.4, 0.5) is 0 Å². The van der Waals surface area contributed by atoms with Gasteiger partial charge in [-0.15, -0.1) is 0 Å². The molecule has 0 N–H and O–H groups in total. The maximum atomic E-state index is 6.68. The Bertz CT molecular complexity index is 1160. The van der Waals surface area contributed by atoms with E-state index in [-0.39, 0.29) is 12.4 Å². The summed E-state index contributed by atoms with van der Waals surface area (Å²) in [6.07, 6.45) is 2.73. The third-order valence-electron chi connectivity index (χ3n) is 6.23. The van der Waals surface area contributed by atoms with Crippen LogP contribution in [-0.2, 0) is 4.74 Å². The molecular weight excluding hydrogens is 527 g/mol. The summed E-state index contributed by atoms with van der Waals surface area (Å²) < 4.78 is 25.3. The molecule has 0 spiro atoms. The Hall–Kier alpha value is -2.51. The number of fused-ring (bicyclic) bond motifs is 1. The van der Waals surface area contributed by atoms with Crippen LogP contribution < -0.4 is 14.2 Å². The first-order valence-electron chi connectivity index (χ1n) is 11.3.